The maximum absolute atomic E-state index is 11.5. The molecule has 0 fully saturated rings. The first-order valence-corrected chi connectivity index (χ1v) is 4.97. The summed E-state index contributed by atoms with van der Waals surface area (Å²) >= 11 is 5.68. The average molecular weight is 228 g/mol. The predicted octanol–water partition coefficient (Wildman–Crippen LogP) is 2.45. The maximum atomic E-state index is 11.5. The van der Waals surface area contributed by atoms with Crippen molar-refractivity contribution in [1.29, 1.82) is 0 Å². The van der Waals surface area contributed by atoms with E-state index in [-0.39, 0.29) is 18.2 Å². The van der Waals surface area contributed by atoms with E-state index in [0.29, 0.717) is 17.2 Å². The highest BCUT2D eigenvalue weighted by Gasteiger charge is 2.18. The van der Waals surface area contributed by atoms with Gasteiger partial charge in [0.2, 0.25) is 0 Å². The Kier molecular flexibility index (Phi) is 4.31. The van der Waals surface area contributed by atoms with Crippen LogP contribution in [0.15, 0.2) is 24.3 Å². The van der Waals surface area contributed by atoms with Crippen molar-refractivity contribution < 1.29 is 14.3 Å². The number of halogens is 1. The minimum Gasteiger partial charge on any atom is -0.339 e. The molecule has 0 radical (unpaired) electrons. The molecule has 1 aromatic carbocycles. The van der Waals surface area contributed by atoms with Crippen LogP contribution in [-0.2, 0) is 4.74 Å². The Morgan fingerprint density at radius 3 is 2.53 bits per heavy atom. The summed E-state index contributed by atoms with van der Waals surface area (Å²) < 4.78 is 4.78. The van der Waals surface area contributed by atoms with Gasteiger partial charge in [-0.2, -0.15) is 0 Å². The molecule has 0 atom stereocenters. The fourth-order valence-electron chi connectivity index (χ4n) is 1.09. The van der Waals surface area contributed by atoms with Crippen LogP contribution >= 0.6 is 11.6 Å². The van der Waals surface area contributed by atoms with Gasteiger partial charge in [-0.1, -0.05) is 11.6 Å². The molecule has 0 unspecified atom stereocenters. The number of rotatable bonds is 4. The Balaban J connectivity index is 2.61. The third-order valence-corrected chi connectivity index (χ3v) is 2.04. The van der Waals surface area contributed by atoms with E-state index in [2.05, 4.69) is 0 Å². The lowest BCUT2D eigenvalue weighted by Gasteiger charge is -1.97. The SMILES string of the molecule is CCOC(=[OH+])CC(=O)c1ccc(Cl)cc1. The summed E-state index contributed by atoms with van der Waals surface area (Å²) in [6, 6.07) is 6.49. The van der Waals surface area contributed by atoms with Crippen LogP contribution in [0.3, 0.4) is 0 Å². The minimum absolute atomic E-state index is 0.116. The zero-order valence-corrected chi connectivity index (χ0v) is 9.12. The van der Waals surface area contributed by atoms with Crippen molar-refractivity contribution in [3.05, 3.63) is 34.9 Å². The molecule has 0 aromatic heterocycles. The fourth-order valence-corrected chi connectivity index (χ4v) is 1.22. The van der Waals surface area contributed by atoms with Crippen molar-refractivity contribution in [3.63, 3.8) is 0 Å². The zero-order chi connectivity index (χ0) is 11.3. The molecule has 0 saturated carbocycles. The number of esters is 1. The number of carbonyl (C=O) groups is 1. The third-order valence-electron chi connectivity index (χ3n) is 1.79. The van der Waals surface area contributed by atoms with Crippen LogP contribution in [0.5, 0.6) is 0 Å². The number of carbonyl (C=O) groups excluding carboxylic acids is 2. The summed E-state index contributed by atoms with van der Waals surface area (Å²) in [5.41, 5.74) is 0.505. The van der Waals surface area contributed by atoms with Gasteiger partial charge in [-0.05, 0) is 31.2 Å². The second-order valence-corrected chi connectivity index (χ2v) is 3.37. The molecule has 0 spiro atoms. The number of hydrogen-bond acceptors (Lipinski definition) is 2. The highest BCUT2D eigenvalue weighted by molar-refractivity contribution is 6.30. The minimum atomic E-state index is -0.252. The first-order chi connectivity index (χ1) is 7.13. The van der Waals surface area contributed by atoms with Crippen molar-refractivity contribution in [2.24, 2.45) is 0 Å². The number of ketones is 1. The van der Waals surface area contributed by atoms with Crippen molar-refractivity contribution in [2.45, 2.75) is 13.3 Å². The molecule has 80 valence electrons. The molecular formula is C11H12ClO3+. The fraction of sp³-hybridized carbons (Fsp3) is 0.273. The summed E-state index contributed by atoms with van der Waals surface area (Å²) in [7, 11) is 0. The molecule has 0 amide bonds. The van der Waals surface area contributed by atoms with Gasteiger partial charge in [0.1, 0.15) is 0 Å². The topological polar surface area (TPSA) is 47.7 Å². The molecule has 0 aliphatic carbocycles. The Hall–Kier alpha value is -1.35. The molecule has 15 heavy (non-hydrogen) atoms. The highest BCUT2D eigenvalue weighted by atomic mass is 35.5. The molecule has 0 aliphatic heterocycles. The van der Waals surface area contributed by atoms with E-state index in [1.54, 1.807) is 31.2 Å². The van der Waals surface area contributed by atoms with Gasteiger partial charge >= 0.3 is 5.97 Å². The van der Waals surface area contributed by atoms with E-state index in [0.717, 1.165) is 0 Å². The highest BCUT2D eigenvalue weighted by Crippen LogP contribution is 2.11. The summed E-state index contributed by atoms with van der Waals surface area (Å²) in [5.74, 6) is -0.449. The first-order valence-electron chi connectivity index (χ1n) is 4.60. The number of ether oxygens (including phenoxy) is 1. The van der Waals surface area contributed by atoms with E-state index >= 15 is 0 Å². The van der Waals surface area contributed by atoms with E-state index in [1.807, 2.05) is 0 Å². The molecule has 0 heterocycles. The zero-order valence-electron chi connectivity index (χ0n) is 8.37. The molecule has 1 aromatic rings. The van der Waals surface area contributed by atoms with Crippen LogP contribution in [0.4, 0.5) is 0 Å². The van der Waals surface area contributed by atoms with E-state index in [4.69, 9.17) is 16.3 Å². The smallest absolute Gasteiger partial charge is 0.339 e. The van der Waals surface area contributed by atoms with Crippen LogP contribution in [-0.4, -0.2) is 23.2 Å². The number of benzene rings is 1. The van der Waals surface area contributed by atoms with Crippen LogP contribution in [0.25, 0.3) is 0 Å². The van der Waals surface area contributed by atoms with Gasteiger partial charge < -0.3 is 9.53 Å². The number of hydrogen-bond donors (Lipinski definition) is 0. The third kappa shape index (κ3) is 3.72. The largest absolute Gasteiger partial charge is 0.490 e. The summed E-state index contributed by atoms with van der Waals surface area (Å²) in [4.78, 5) is 20.7. The quantitative estimate of drug-likeness (QED) is 0.343. The Bertz CT molecular complexity index is 357. The van der Waals surface area contributed by atoms with Crippen LogP contribution in [0, 0.1) is 0 Å². The molecule has 0 saturated heterocycles. The van der Waals surface area contributed by atoms with Crippen molar-refractivity contribution in [2.75, 3.05) is 6.61 Å². The molecule has 0 bridgehead atoms. The molecule has 4 heteroatoms. The number of Topliss-reactive ketones (excluding diaryl/α,β-unsaturated/α-hetero) is 1. The molecule has 1 rings (SSSR count). The van der Waals surface area contributed by atoms with Gasteiger partial charge in [0.05, 0.1) is 0 Å². The lowest BCUT2D eigenvalue weighted by atomic mass is 10.1. The van der Waals surface area contributed by atoms with Crippen LogP contribution in [0.2, 0.25) is 5.02 Å². The van der Waals surface area contributed by atoms with E-state index < -0.39 is 0 Å². The Morgan fingerprint density at radius 1 is 1.40 bits per heavy atom. The van der Waals surface area contributed by atoms with Crippen molar-refractivity contribution in [3.8, 4) is 0 Å². The normalized spacial score (nSPS) is 9.73. The lowest BCUT2D eigenvalue weighted by molar-refractivity contribution is 0.0989. The van der Waals surface area contributed by atoms with Crippen LogP contribution in [0.1, 0.15) is 23.7 Å². The van der Waals surface area contributed by atoms with Gasteiger partial charge in [-0.15, -0.1) is 0 Å². The average Bonchev–Trinajstić information content (AvgIpc) is 2.18. The summed E-state index contributed by atoms with van der Waals surface area (Å²) in [5, 5.41) is 0.574. The standard InChI is InChI=1S/C11H11ClO3/c1-2-15-11(14)7-10(13)8-3-5-9(12)6-4-8/h3-6H,2,7H2,1H3/p+1. The molecule has 1 N–H and O–H groups in total. The Labute approximate surface area is 93.0 Å². The van der Waals surface area contributed by atoms with E-state index in [1.165, 1.54) is 0 Å². The lowest BCUT2D eigenvalue weighted by Crippen LogP contribution is -2.11. The van der Waals surface area contributed by atoms with Gasteiger partial charge in [-0.3, -0.25) is 4.79 Å². The van der Waals surface area contributed by atoms with Crippen molar-refractivity contribution >= 4 is 23.4 Å². The van der Waals surface area contributed by atoms with Gasteiger partial charge in [0, 0.05) is 10.6 Å². The molecular weight excluding hydrogens is 216 g/mol. The summed E-state index contributed by atoms with van der Waals surface area (Å²) in [6.07, 6.45) is -0.116. The second kappa shape index (κ2) is 5.51. The maximum Gasteiger partial charge on any atom is 0.490 e. The van der Waals surface area contributed by atoms with Gasteiger partial charge in [0.15, 0.2) is 18.8 Å². The van der Waals surface area contributed by atoms with E-state index in [9.17, 15) is 9.59 Å². The van der Waals surface area contributed by atoms with Crippen LogP contribution < -0.4 is 0 Å². The monoisotopic (exact) mass is 227 g/mol. The predicted molar refractivity (Wildman–Crippen MR) is 59.0 cm³/mol. The molecule has 0 aliphatic rings. The Morgan fingerprint density at radius 2 is 2.00 bits per heavy atom. The van der Waals surface area contributed by atoms with Gasteiger partial charge in [-0.25, -0.2) is 0 Å². The first kappa shape index (κ1) is 11.7. The second-order valence-electron chi connectivity index (χ2n) is 2.93. The summed E-state index contributed by atoms with van der Waals surface area (Å²) in [6.45, 7) is 2.09. The van der Waals surface area contributed by atoms with Crippen molar-refractivity contribution in [1.82, 2.24) is 0 Å². The molecule has 3 nitrogen and oxygen atoms in total. The van der Waals surface area contributed by atoms with Gasteiger partial charge in [0.25, 0.3) is 0 Å².